The fraction of sp³-hybridized carbons (Fsp3) is 0.391. The van der Waals surface area contributed by atoms with Gasteiger partial charge in [-0.15, -0.1) is 16.4 Å². The monoisotopic (exact) mass is 417 g/mol. The molecule has 0 unspecified atom stereocenters. The Bertz CT molecular complexity index is 1240. The average molecular weight is 418 g/mol. The second-order valence-electron chi connectivity index (χ2n) is 8.41. The minimum absolute atomic E-state index is 0.0584. The number of rotatable bonds is 3. The molecule has 4 aromatic rings. The van der Waals surface area contributed by atoms with Gasteiger partial charge in [-0.3, -0.25) is 4.79 Å². The van der Waals surface area contributed by atoms with Crippen molar-refractivity contribution in [2.75, 3.05) is 13.1 Å². The van der Waals surface area contributed by atoms with Crippen LogP contribution in [-0.2, 0) is 19.3 Å². The van der Waals surface area contributed by atoms with E-state index in [2.05, 4.69) is 45.4 Å². The van der Waals surface area contributed by atoms with Crippen LogP contribution in [0.2, 0.25) is 0 Å². The minimum Gasteiger partial charge on any atom is -0.336 e. The van der Waals surface area contributed by atoms with Crippen molar-refractivity contribution in [3.05, 3.63) is 58.5 Å². The summed E-state index contributed by atoms with van der Waals surface area (Å²) in [6, 6.07) is 10.6. The van der Waals surface area contributed by atoms with Gasteiger partial charge in [0.1, 0.15) is 11.2 Å². The van der Waals surface area contributed by atoms with Gasteiger partial charge in [0.2, 0.25) is 5.82 Å². The van der Waals surface area contributed by atoms with E-state index in [9.17, 15) is 4.79 Å². The number of fused-ring (bicyclic) bond motifs is 5. The van der Waals surface area contributed by atoms with Gasteiger partial charge in [0.15, 0.2) is 5.65 Å². The second kappa shape index (κ2) is 7.16. The van der Waals surface area contributed by atoms with E-state index in [4.69, 9.17) is 0 Å². The van der Waals surface area contributed by atoms with E-state index in [1.807, 2.05) is 4.90 Å². The molecular formula is C23H23N5OS. The number of likely N-dealkylation sites (tertiary alicyclic amines) is 1. The van der Waals surface area contributed by atoms with Crippen molar-refractivity contribution in [1.29, 1.82) is 0 Å². The summed E-state index contributed by atoms with van der Waals surface area (Å²) >= 11 is 1.76. The molecule has 1 amide bonds. The molecule has 0 atom stereocenters. The molecule has 0 N–H and O–H groups in total. The first-order valence-corrected chi connectivity index (χ1v) is 11.6. The summed E-state index contributed by atoms with van der Waals surface area (Å²) in [4.78, 5) is 26.7. The Morgan fingerprint density at radius 1 is 1.13 bits per heavy atom. The van der Waals surface area contributed by atoms with Gasteiger partial charge >= 0.3 is 0 Å². The van der Waals surface area contributed by atoms with Gasteiger partial charge in [0.05, 0.1) is 5.39 Å². The number of hydrogen-bond acceptors (Lipinski definition) is 5. The van der Waals surface area contributed by atoms with Gasteiger partial charge in [-0.2, -0.15) is 0 Å². The van der Waals surface area contributed by atoms with Crippen molar-refractivity contribution < 1.29 is 4.79 Å². The third-order valence-electron chi connectivity index (χ3n) is 6.50. The summed E-state index contributed by atoms with van der Waals surface area (Å²) in [5, 5.41) is 5.59. The minimum atomic E-state index is -0.0584. The van der Waals surface area contributed by atoms with Crippen molar-refractivity contribution in [2.24, 2.45) is 5.92 Å². The summed E-state index contributed by atoms with van der Waals surface area (Å²) in [5.41, 5.74) is 3.52. The van der Waals surface area contributed by atoms with Crippen molar-refractivity contribution in [2.45, 2.75) is 38.5 Å². The number of benzene rings is 1. The van der Waals surface area contributed by atoms with E-state index in [1.54, 1.807) is 22.2 Å². The molecule has 7 heteroatoms. The molecule has 2 aliphatic rings. The molecule has 1 aromatic carbocycles. The summed E-state index contributed by atoms with van der Waals surface area (Å²) in [5.74, 6) is 0.864. The van der Waals surface area contributed by atoms with Crippen LogP contribution in [0.25, 0.3) is 15.9 Å². The van der Waals surface area contributed by atoms with E-state index in [0.717, 1.165) is 61.1 Å². The van der Waals surface area contributed by atoms with Crippen LogP contribution in [0.4, 0.5) is 0 Å². The van der Waals surface area contributed by atoms with Crippen LogP contribution in [0.3, 0.4) is 0 Å². The molecule has 1 saturated heterocycles. The largest absolute Gasteiger partial charge is 0.336 e. The van der Waals surface area contributed by atoms with Gasteiger partial charge < -0.3 is 4.90 Å². The zero-order valence-electron chi connectivity index (χ0n) is 16.8. The fourth-order valence-corrected chi connectivity index (χ4v) is 6.14. The number of aromatic nitrogens is 4. The molecule has 6 nitrogen and oxygen atoms in total. The first-order chi connectivity index (χ1) is 14.8. The number of carbonyl (C=O) groups excluding carboxylic acids is 1. The number of carbonyl (C=O) groups is 1. The first-order valence-electron chi connectivity index (χ1n) is 10.7. The normalized spacial score (nSPS) is 17.1. The van der Waals surface area contributed by atoms with Crippen molar-refractivity contribution >= 4 is 33.1 Å². The molecule has 1 fully saturated rings. The summed E-state index contributed by atoms with van der Waals surface area (Å²) in [7, 11) is 0. The van der Waals surface area contributed by atoms with E-state index in [1.165, 1.54) is 22.4 Å². The highest BCUT2D eigenvalue weighted by atomic mass is 32.1. The van der Waals surface area contributed by atoms with Gasteiger partial charge in [0.25, 0.3) is 5.91 Å². The Morgan fingerprint density at radius 3 is 2.80 bits per heavy atom. The predicted octanol–water partition coefficient (Wildman–Crippen LogP) is 3.92. The Morgan fingerprint density at radius 2 is 1.97 bits per heavy atom. The maximum atomic E-state index is 13.1. The highest BCUT2D eigenvalue weighted by Crippen LogP contribution is 2.37. The highest BCUT2D eigenvalue weighted by molar-refractivity contribution is 7.19. The summed E-state index contributed by atoms with van der Waals surface area (Å²) in [6.45, 7) is 1.54. The number of nitrogens with zero attached hydrogens (tertiary/aromatic N) is 5. The maximum Gasteiger partial charge on any atom is 0.293 e. The third-order valence-corrected chi connectivity index (χ3v) is 7.70. The molecule has 152 valence electrons. The quantitative estimate of drug-likeness (QED) is 0.507. The fourth-order valence-electron chi connectivity index (χ4n) is 4.91. The van der Waals surface area contributed by atoms with Crippen LogP contribution in [0.15, 0.2) is 36.7 Å². The standard InChI is InChI=1S/C23H23N5OS/c29-23(27-11-9-16(10-12-27)13-15-5-2-1-3-6-15)20-25-21-19-17-7-4-8-18(17)30-22(19)24-14-28(21)26-20/h1-3,5-6,14,16H,4,7-13H2. The number of thiophene rings is 1. The molecule has 1 aliphatic heterocycles. The topological polar surface area (TPSA) is 63.4 Å². The van der Waals surface area contributed by atoms with E-state index < -0.39 is 0 Å². The number of piperidine rings is 1. The summed E-state index contributed by atoms with van der Waals surface area (Å²) in [6.07, 6.45) is 8.22. The van der Waals surface area contributed by atoms with Crippen LogP contribution in [-0.4, -0.2) is 43.5 Å². The summed E-state index contributed by atoms with van der Waals surface area (Å²) < 4.78 is 1.68. The Balaban J connectivity index is 1.22. The maximum absolute atomic E-state index is 13.1. The Kier molecular flexibility index (Phi) is 4.30. The molecule has 3 aromatic heterocycles. The molecule has 1 aliphatic carbocycles. The lowest BCUT2D eigenvalue weighted by Crippen LogP contribution is -2.39. The zero-order valence-corrected chi connectivity index (χ0v) is 17.6. The van der Waals surface area contributed by atoms with Crippen LogP contribution in [0.1, 0.15) is 45.9 Å². The smallest absolute Gasteiger partial charge is 0.293 e. The average Bonchev–Trinajstić information content (AvgIpc) is 3.48. The van der Waals surface area contributed by atoms with Crippen molar-refractivity contribution in [1.82, 2.24) is 24.5 Å². The van der Waals surface area contributed by atoms with Gasteiger partial charge in [-0.05, 0) is 55.6 Å². The van der Waals surface area contributed by atoms with Crippen LogP contribution in [0.5, 0.6) is 0 Å². The van der Waals surface area contributed by atoms with Gasteiger partial charge in [-0.1, -0.05) is 30.3 Å². The highest BCUT2D eigenvalue weighted by Gasteiger charge is 2.28. The van der Waals surface area contributed by atoms with Crippen LogP contribution >= 0.6 is 11.3 Å². The molecule has 0 spiro atoms. The lowest BCUT2D eigenvalue weighted by atomic mass is 9.90. The molecule has 0 bridgehead atoms. The SMILES string of the molecule is O=C(c1nc2c3c4c(sc3ncn2n1)CCC4)N1CCC(Cc2ccccc2)CC1. The van der Waals surface area contributed by atoms with Crippen LogP contribution in [0, 0.1) is 5.92 Å². The molecule has 30 heavy (non-hydrogen) atoms. The molecule has 0 saturated carbocycles. The number of hydrogen-bond donors (Lipinski definition) is 0. The number of amides is 1. The zero-order chi connectivity index (χ0) is 20.1. The Hall–Kier alpha value is -2.80. The third kappa shape index (κ3) is 2.99. The van der Waals surface area contributed by atoms with Gasteiger partial charge in [-0.25, -0.2) is 14.5 Å². The van der Waals surface area contributed by atoms with E-state index in [-0.39, 0.29) is 5.91 Å². The molecule has 4 heterocycles. The van der Waals surface area contributed by atoms with Crippen molar-refractivity contribution in [3.63, 3.8) is 0 Å². The molecule has 6 rings (SSSR count). The van der Waals surface area contributed by atoms with Crippen molar-refractivity contribution in [3.8, 4) is 0 Å². The van der Waals surface area contributed by atoms with E-state index in [0.29, 0.717) is 11.7 Å². The second-order valence-corrected chi connectivity index (χ2v) is 9.49. The van der Waals surface area contributed by atoms with Crippen LogP contribution < -0.4 is 0 Å². The number of aryl methyl sites for hydroxylation is 2. The molecule has 0 radical (unpaired) electrons. The molecular weight excluding hydrogens is 394 g/mol. The first kappa shape index (κ1) is 18.0. The van der Waals surface area contributed by atoms with E-state index >= 15 is 0 Å². The lowest BCUT2D eigenvalue weighted by Gasteiger charge is -2.31. The predicted molar refractivity (Wildman–Crippen MR) is 117 cm³/mol. The lowest BCUT2D eigenvalue weighted by molar-refractivity contribution is 0.0678. The Labute approximate surface area is 178 Å². The van der Waals surface area contributed by atoms with Gasteiger partial charge in [0, 0.05) is 18.0 Å².